The first-order valence-electron chi connectivity index (χ1n) is 6.07. The molecular formula is C13H19N3O4. The summed E-state index contributed by atoms with van der Waals surface area (Å²) >= 11 is 0. The van der Waals surface area contributed by atoms with Gasteiger partial charge in [-0.2, -0.15) is 5.10 Å². The SMILES string of the molecule is COCC(NC(=O)/C=C/c1c(C)nn(C)c1C)C(=O)O. The Hall–Kier alpha value is -2.15. The van der Waals surface area contributed by atoms with Gasteiger partial charge in [-0.15, -0.1) is 0 Å². The summed E-state index contributed by atoms with van der Waals surface area (Å²) < 4.78 is 6.46. The number of ether oxygens (including phenoxy) is 1. The van der Waals surface area contributed by atoms with Gasteiger partial charge in [-0.25, -0.2) is 4.79 Å². The highest BCUT2D eigenvalue weighted by atomic mass is 16.5. The van der Waals surface area contributed by atoms with Crippen molar-refractivity contribution in [2.24, 2.45) is 7.05 Å². The summed E-state index contributed by atoms with van der Waals surface area (Å²) in [7, 11) is 3.19. The molecule has 0 saturated carbocycles. The number of carboxylic acid groups (broad SMARTS) is 1. The maximum absolute atomic E-state index is 11.7. The van der Waals surface area contributed by atoms with Crippen molar-refractivity contribution in [1.29, 1.82) is 0 Å². The normalized spacial score (nSPS) is 12.6. The van der Waals surface area contributed by atoms with Gasteiger partial charge in [0, 0.05) is 31.5 Å². The molecule has 0 saturated heterocycles. The van der Waals surface area contributed by atoms with E-state index in [1.54, 1.807) is 10.8 Å². The van der Waals surface area contributed by atoms with Crippen LogP contribution in [0.1, 0.15) is 17.0 Å². The predicted molar refractivity (Wildman–Crippen MR) is 73.2 cm³/mol. The number of methoxy groups -OCH3 is 1. The second-order valence-electron chi connectivity index (χ2n) is 4.40. The first kappa shape index (κ1) is 15.9. The lowest BCUT2D eigenvalue weighted by Gasteiger charge is -2.11. The largest absolute Gasteiger partial charge is 0.480 e. The van der Waals surface area contributed by atoms with Crippen LogP contribution in [0.5, 0.6) is 0 Å². The Kier molecular flexibility index (Phi) is 5.45. The van der Waals surface area contributed by atoms with Crippen LogP contribution in [0, 0.1) is 13.8 Å². The predicted octanol–water partition coefficient (Wildman–Crippen LogP) is 0.266. The molecule has 1 rings (SSSR count). The Morgan fingerprint density at radius 2 is 2.15 bits per heavy atom. The summed E-state index contributed by atoms with van der Waals surface area (Å²) in [5, 5.41) is 15.5. The third-order valence-corrected chi connectivity index (χ3v) is 2.91. The van der Waals surface area contributed by atoms with Gasteiger partial charge in [0.25, 0.3) is 0 Å². The van der Waals surface area contributed by atoms with E-state index in [0.717, 1.165) is 17.0 Å². The Morgan fingerprint density at radius 1 is 1.50 bits per heavy atom. The molecule has 1 heterocycles. The number of aryl methyl sites for hydroxylation is 2. The van der Waals surface area contributed by atoms with Crippen molar-refractivity contribution < 1.29 is 19.4 Å². The van der Waals surface area contributed by atoms with Crippen molar-refractivity contribution in [3.63, 3.8) is 0 Å². The van der Waals surface area contributed by atoms with E-state index >= 15 is 0 Å². The maximum Gasteiger partial charge on any atom is 0.328 e. The molecule has 0 fully saturated rings. The monoisotopic (exact) mass is 281 g/mol. The Bertz CT molecular complexity index is 534. The van der Waals surface area contributed by atoms with Crippen molar-refractivity contribution in [2.45, 2.75) is 19.9 Å². The van der Waals surface area contributed by atoms with Gasteiger partial charge in [0.15, 0.2) is 6.04 Å². The highest BCUT2D eigenvalue weighted by molar-refractivity contribution is 5.94. The topological polar surface area (TPSA) is 93.5 Å². The summed E-state index contributed by atoms with van der Waals surface area (Å²) in [5.41, 5.74) is 2.58. The second-order valence-corrected chi connectivity index (χ2v) is 4.40. The molecule has 0 aliphatic rings. The van der Waals surface area contributed by atoms with Crippen LogP contribution in [0.2, 0.25) is 0 Å². The number of hydrogen-bond acceptors (Lipinski definition) is 4. The third-order valence-electron chi connectivity index (χ3n) is 2.91. The van der Waals surface area contributed by atoms with Gasteiger partial charge < -0.3 is 15.2 Å². The van der Waals surface area contributed by atoms with E-state index in [1.807, 2.05) is 20.9 Å². The van der Waals surface area contributed by atoms with Gasteiger partial charge in [0.05, 0.1) is 12.3 Å². The minimum atomic E-state index is -1.14. The molecule has 1 aromatic rings. The molecule has 0 bridgehead atoms. The molecule has 0 aromatic carbocycles. The Morgan fingerprint density at radius 3 is 2.60 bits per heavy atom. The molecule has 1 unspecified atom stereocenters. The number of aliphatic carboxylic acids is 1. The summed E-state index contributed by atoms with van der Waals surface area (Å²) in [4.78, 5) is 22.6. The molecule has 1 atom stereocenters. The van der Waals surface area contributed by atoms with E-state index < -0.39 is 17.9 Å². The van der Waals surface area contributed by atoms with E-state index in [1.165, 1.54) is 13.2 Å². The number of carboxylic acids is 1. The number of aromatic nitrogens is 2. The van der Waals surface area contributed by atoms with Crippen LogP contribution in [0.25, 0.3) is 6.08 Å². The van der Waals surface area contributed by atoms with Crippen LogP contribution >= 0.6 is 0 Å². The number of nitrogens with one attached hydrogen (secondary N) is 1. The van der Waals surface area contributed by atoms with Crippen molar-refractivity contribution >= 4 is 18.0 Å². The highest BCUT2D eigenvalue weighted by Crippen LogP contribution is 2.13. The van der Waals surface area contributed by atoms with Crippen LogP contribution < -0.4 is 5.32 Å². The van der Waals surface area contributed by atoms with Crippen LogP contribution in [0.4, 0.5) is 0 Å². The fourth-order valence-corrected chi connectivity index (χ4v) is 1.75. The molecule has 0 radical (unpaired) electrons. The van der Waals surface area contributed by atoms with Crippen LogP contribution in [-0.4, -0.2) is 46.5 Å². The lowest BCUT2D eigenvalue weighted by atomic mass is 10.2. The average Bonchev–Trinajstić information content (AvgIpc) is 2.60. The minimum Gasteiger partial charge on any atom is -0.480 e. The molecule has 0 aliphatic carbocycles. The van der Waals surface area contributed by atoms with Gasteiger partial charge in [0.1, 0.15) is 0 Å². The zero-order chi connectivity index (χ0) is 15.3. The number of hydrogen-bond donors (Lipinski definition) is 2. The molecule has 0 aliphatic heterocycles. The van der Waals surface area contributed by atoms with E-state index in [-0.39, 0.29) is 6.61 Å². The first-order chi connectivity index (χ1) is 9.36. The average molecular weight is 281 g/mol. The number of rotatable bonds is 6. The van der Waals surface area contributed by atoms with Crippen molar-refractivity contribution in [3.05, 3.63) is 23.0 Å². The van der Waals surface area contributed by atoms with Gasteiger partial charge in [-0.3, -0.25) is 9.48 Å². The molecule has 7 nitrogen and oxygen atoms in total. The molecule has 20 heavy (non-hydrogen) atoms. The van der Waals surface area contributed by atoms with E-state index in [2.05, 4.69) is 10.4 Å². The zero-order valence-corrected chi connectivity index (χ0v) is 12.0. The van der Waals surface area contributed by atoms with Gasteiger partial charge in [-0.05, 0) is 19.9 Å². The summed E-state index contributed by atoms with van der Waals surface area (Å²) in [6, 6.07) is -1.06. The Labute approximate surface area is 117 Å². The smallest absolute Gasteiger partial charge is 0.328 e. The Balaban J connectivity index is 2.74. The number of carbonyl (C=O) groups excluding carboxylic acids is 1. The lowest BCUT2D eigenvalue weighted by Crippen LogP contribution is -2.43. The van der Waals surface area contributed by atoms with Gasteiger partial charge in [-0.1, -0.05) is 0 Å². The molecule has 1 aromatic heterocycles. The van der Waals surface area contributed by atoms with E-state index in [9.17, 15) is 9.59 Å². The standard InChI is InChI=1S/C13H19N3O4/c1-8-10(9(2)16(3)15-8)5-6-12(17)14-11(7-20-4)13(18)19/h5-6,11H,7H2,1-4H3,(H,14,17)(H,18,19)/b6-5+. The maximum atomic E-state index is 11.7. The summed E-state index contributed by atoms with van der Waals surface area (Å²) in [6.45, 7) is 3.65. The van der Waals surface area contributed by atoms with Crippen molar-refractivity contribution in [1.82, 2.24) is 15.1 Å². The minimum absolute atomic E-state index is 0.0835. The second kappa shape index (κ2) is 6.85. The van der Waals surface area contributed by atoms with Crippen molar-refractivity contribution in [2.75, 3.05) is 13.7 Å². The fourth-order valence-electron chi connectivity index (χ4n) is 1.75. The lowest BCUT2D eigenvalue weighted by molar-refractivity contribution is -0.142. The molecule has 7 heteroatoms. The van der Waals surface area contributed by atoms with Gasteiger partial charge in [0.2, 0.25) is 5.91 Å². The van der Waals surface area contributed by atoms with Crippen LogP contribution in [-0.2, 0) is 21.4 Å². The van der Waals surface area contributed by atoms with Crippen LogP contribution in [0.15, 0.2) is 6.08 Å². The van der Waals surface area contributed by atoms with Gasteiger partial charge >= 0.3 is 5.97 Å². The molecular weight excluding hydrogens is 262 g/mol. The molecule has 110 valence electrons. The fraction of sp³-hybridized carbons (Fsp3) is 0.462. The number of nitrogens with zero attached hydrogens (tertiary/aromatic N) is 2. The number of amides is 1. The van der Waals surface area contributed by atoms with Crippen LogP contribution in [0.3, 0.4) is 0 Å². The molecule has 1 amide bonds. The summed E-state index contributed by atoms with van der Waals surface area (Å²) in [6.07, 6.45) is 2.92. The quantitative estimate of drug-likeness (QED) is 0.730. The third kappa shape index (κ3) is 3.92. The van der Waals surface area contributed by atoms with Crippen molar-refractivity contribution in [3.8, 4) is 0 Å². The van der Waals surface area contributed by atoms with E-state index in [4.69, 9.17) is 9.84 Å². The highest BCUT2D eigenvalue weighted by Gasteiger charge is 2.18. The first-order valence-corrected chi connectivity index (χ1v) is 6.07. The summed E-state index contributed by atoms with van der Waals surface area (Å²) in [5.74, 6) is -1.63. The zero-order valence-electron chi connectivity index (χ0n) is 12.0. The number of carbonyl (C=O) groups is 2. The van der Waals surface area contributed by atoms with E-state index in [0.29, 0.717) is 0 Å². The molecule has 2 N–H and O–H groups in total. The molecule has 0 spiro atoms.